The van der Waals surface area contributed by atoms with Crippen LogP contribution in [0.25, 0.3) is 0 Å². The number of nitrogens with zero attached hydrogens (tertiary/aromatic N) is 4. The number of rotatable bonds is 2. The fourth-order valence-electron chi connectivity index (χ4n) is 4.24. The third kappa shape index (κ3) is 2.45. The molecule has 0 fully saturated rings. The zero-order valence-corrected chi connectivity index (χ0v) is 15.9. The Morgan fingerprint density at radius 1 is 0.533 bits per heavy atom. The molecule has 2 heterocycles. The number of Topliss-reactive ketones (excluding diaryl/α,β-unsaturated/α-hetero) is 1. The Labute approximate surface area is 173 Å². The number of aliphatic imine (C=N–C) groups is 2. The highest BCUT2D eigenvalue weighted by Crippen LogP contribution is 2.31. The van der Waals surface area contributed by atoms with Crippen LogP contribution in [0.3, 0.4) is 0 Å². The molecule has 0 aromatic heterocycles. The van der Waals surface area contributed by atoms with Crippen molar-refractivity contribution in [2.45, 2.75) is 12.1 Å². The van der Waals surface area contributed by atoms with Gasteiger partial charge in [0.25, 0.3) is 0 Å². The lowest BCUT2D eigenvalue weighted by Gasteiger charge is -2.30. The van der Waals surface area contributed by atoms with Crippen molar-refractivity contribution in [3.05, 3.63) is 107 Å². The Hall–Kier alpha value is -3.99. The lowest BCUT2D eigenvalue weighted by Crippen LogP contribution is -2.45. The maximum absolute atomic E-state index is 13.0. The van der Waals surface area contributed by atoms with Crippen LogP contribution in [0.15, 0.2) is 105 Å². The zero-order chi connectivity index (χ0) is 20.1. The van der Waals surface area contributed by atoms with E-state index in [2.05, 4.69) is 10.2 Å². The minimum Gasteiger partial charge on any atom is -0.287 e. The van der Waals surface area contributed by atoms with Gasteiger partial charge in [0, 0.05) is 22.3 Å². The van der Waals surface area contributed by atoms with Crippen molar-refractivity contribution in [1.29, 1.82) is 0 Å². The van der Waals surface area contributed by atoms with E-state index in [9.17, 15) is 4.79 Å². The lowest BCUT2D eigenvalue weighted by atomic mass is 9.89. The summed E-state index contributed by atoms with van der Waals surface area (Å²) in [6.07, 6.45) is 0. The third-order valence-corrected chi connectivity index (χ3v) is 5.67. The maximum Gasteiger partial charge on any atom is 0.213 e. The molecule has 0 N–H and O–H groups in total. The summed E-state index contributed by atoms with van der Waals surface area (Å²) in [6.45, 7) is 0. The fourth-order valence-corrected chi connectivity index (χ4v) is 4.24. The molecule has 142 valence electrons. The first kappa shape index (κ1) is 16.9. The summed E-state index contributed by atoms with van der Waals surface area (Å²) >= 11 is 0. The Kier molecular flexibility index (Phi) is 3.68. The highest BCUT2D eigenvalue weighted by atomic mass is 16.1. The van der Waals surface area contributed by atoms with Crippen LogP contribution in [0.2, 0.25) is 0 Å². The molecule has 2 atom stereocenters. The third-order valence-electron chi connectivity index (χ3n) is 5.67. The molecule has 5 nitrogen and oxygen atoms in total. The van der Waals surface area contributed by atoms with Gasteiger partial charge in [-0.25, -0.2) is 0 Å². The lowest BCUT2D eigenvalue weighted by molar-refractivity contribution is 0.106. The van der Waals surface area contributed by atoms with Crippen molar-refractivity contribution < 1.29 is 4.79 Å². The molecule has 0 bridgehead atoms. The van der Waals surface area contributed by atoms with Gasteiger partial charge >= 0.3 is 0 Å². The Morgan fingerprint density at radius 2 is 1.00 bits per heavy atom. The quantitative estimate of drug-likeness (QED) is 0.659. The van der Waals surface area contributed by atoms with E-state index in [1.807, 2.05) is 84.9 Å². The largest absolute Gasteiger partial charge is 0.287 e. The van der Waals surface area contributed by atoms with E-state index < -0.39 is 6.04 Å². The molecule has 3 aromatic rings. The molecule has 0 saturated heterocycles. The molecule has 5 heteroatoms. The summed E-state index contributed by atoms with van der Waals surface area (Å²) in [5.74, 6) is -0.0704. The first-order valence-corrected chi connectivity index (χ1v) is 9.87. The number of fused-ring (bicyclic) bond motifs is 4. The van der Waals surface area contributed by atoms with E-state index in [4.69, 9.17) is 9.98 Å². The maximum atomic E-state index is 13.0. The van der Waals surface area contributed by atoms with Crippen LogP contribution in [0.1, 0.15) is 27.0 Å². The van der Waals surface area contributed by atoms with E-state index in [1.165, 1.54) is 0 Å². The second-order valence-corrected chi connectivity index (χ2v) is 7.42. The molecule has 0 unspecified atom stereocenters. The first-order valence-electron chi connectivity index (χ1n) is 9.87. The van der Waals surface area contributed by atoms with Crippen molar-refractivity contribution in [3.8, 4) is 0 Å². The van der Waals surface area contributed by atoms with Crippen LogP contribution in [-0.4, -0.2) is 40.7 Å². The number of carbonyl (C=O) groups is 1. The summed E-state index contributed by atoms with van der Waals surface area (Å²) in [5, 5.41) is 9.12. The highest BCUT2D eigenvalue weighted by molar-refractivity contribution is 6.78. The van der Waals surface area contributed by atoms with Crippen LogP contribution in [0, 0.1) is 0 Å². The molecular weight excluding hydrogens is 372 g/mol. The van der Waals surface area contributed by atoms with Crippen LogP contribution < -0.4 is 0 Å². The van der Waals surface area contributed by atoms with E-state index in [1.54, 1.807) is 0 Å². The van der Waals surface area contributed by atoms with Gasteiger partial charge in [0.2, 0.25) is 5.78 Å². The fraction of sp³-hybridized carbons (Fsp3) is 0.0800. The molecule has 6 rings (SSSR count). The number of hydrogen-bond acceptors (Lipinski definition) is 5. The van der Waals surface area contributed by atoms with Crippen LogP contribution >= 0.6 is 0 Å². The van der Waals surface area contributed by atoms with Gasteiger partial charge in [-0.3, -0.25) is 14.8 Å². The molecule has 0 spiro atoms. The van der Waals surface area contributed by atoms with Gasteiger partial charge in [0.15, 0.2) is 0 Å². The van der Waals surface area contributed by atoms with Gasteiger partial charge in [-0.2, -0.15) is 10.2 Å². The number of carbonyl (C=O) groups excluding carboxylic acids is 1. The van der Waals surface area contributed by atoms with E-state index >= 15 is 0 Å². The van der Waals surface area contributed by atoms with E-state index in [0.29, 0.717) is 17.0 Å². The minimum atomic E-state index is -0.392. The van der Waals surface area contributed by atoms with Crippen LogP contribution in [-0.2, 0) is 0 Å². The number of benzene rings is 3. The van der Waals surface area contributed by atoms with Gasteiger partial charge in [-0.15, -0.1) is 0 Å². The average molecular weight is 388 g/mol. The van der Waals surface area contributed by atoms with Gasteiger partial charge in [0.05, 0.1) is 17.1 Å². The van der Waals surface area contributed by atoms with Crippen molar-refractivity contribution in [2.75, 3.05) is 0 Å². The van der Waals surface area contributed by atoms with E-state index in [0.717, 1.165) is 28.1 Å². The summed E-state index contributed by atoms with van der Waals surface area (Å²) in [6, 6.07) is 26.6. The summed E-state index contributed by atoms with van der Waals surface area (Å²) in [7, 11) is 0. The zero-order valence-electron chi connectivity index (χ0n) is 15.9. The predicted molar refractivity (Wildman–Crippen MR) is 118 cm³/mol. The SMILES string of the molecule is O=C1C2=N[C@@H]3C(c4ccccc4)=NN=C(c4ccccc4)[C@@H]3N=C2c2ccccc21. The summed E-state index contributed by atoms with van der Waals surface area (Å²) < 4.78 is 0. The Morgan fingerprint density at radius 3 is 1.57 bits per heavy atom. The Balaban J connectivity index is 1.56. The minimum absolute atomic E-state index is 0.0704. The van der Waals surface area contributed by atoms with Gasteiger partial charge in [0.1, 0.15) is 17.8 Å². The molecule has 1 aliphatic carbocycles. The molecule has 3 aromatic carbocycles. The number of ketones is 1. The molecule has 0 amide bonds. The number of hydrogen-bond donors (Lipinski definition) is 0. The standard InChI is InChI=1S/C25H16N4O/c30-25-18-14-8-7-13-17(18)21-24(25)27-23-20(16-11-5-2-6-12-16)29-28-19(22(23)26-21)15-9-3-1-4-10-15/h1-14,22-23H/t22-,23+/m0/s1. The van der Waals surface area contributed by atoms with Crippen molar-refractivity contribution in [3.63, 3.8) is 0 Å². The van der Waals surface area contributed by atoms with Gasteiger partial charge in [-0.1, -0.05) is 84.9 Å². The molecule has 30 heavy (non-hydrogen) atoms. The van der Waals surface area contributed by atoms with Crippen molar-refractivity contribution in [2.24, 2.45) is 20.2 Å². The smallest absolute Gasteiger partial charge is 0.213 e. The molecule has 0 saturated carbocycles. The van der Waals surface area contributed by atoms with Crippen LogP contribution in [0.5, 0.6) is 0 Å². The Bertz CT molecular complexity index is 1300. The van der Waals surface area contributed by atoms with E-state index in [-0.39, 0.29) is 11.8 Å². The molecule has 0 radical (unpaired) electrons. The molecule has 3 aliphatic rings. The topological polar surface area (TPSA) is 66.5 Å². The highest BCUT2D eigenvalue weighted by Gasteiger charge is 2.43. The van der Waals surface area contributed by atoms with Crippen LogP contribution in [0.4, 0.5) is 0 Å². The second kappa shape index (κ2) is 6.52. The van der Waals surface area contributed by atoms with Crippen molar-refractivity contribution >= 4 is 28.6 Å². The summed E-state index contributed by atoms with van der Waals surface area (Å²) in [5.41, 5.74) is 6.00. The van der Waals surface area contributed by atoms with Gasteiger partial charge < -0.3 is 0 Å². The van der Waals surface area contributed by atoms with Gasteiger partial charge in [-0.05, 0) is 0 Å². The predicted octanol–water partition coefficient (Wildman–Crippen LogP) is 3.77. The molecular formula is C25H16N4O. The van der Waals surface area contributed by atoms with Crippen molar-refractivity contribution in [1.82, 2.24) is 0 Å². The molecule has 2 aliphatic heterocycles. The monoisotopic (exact) mass is 388 g/mol. The normalized spacial score (nSPS) is 21.5. The average Bonchev–Trinajstić information content (AvgIpc) is 3.10. The first-order chi connectivity index (χ1) is 14.8. The summed E-state index contributed by atoms with van der Waals surface area (Å²) in [4.78, 5) is 23.0. The second-order valence-electron chi connectivity index (χ2n) is 7.42.